The van der Waals surface area contributed by atoms with Crippen molar-refractivity contribution in [1.29, 1.82) is 0 Å². The zero-order chi connectivity index (χ0) is 9.19. The summed E-state index contributed by atoms with van der Waals surface area (Å²) in [5.41, 5.74) is 0.839. The molecule has 1 nitrogen and oxygen atoms in total. The molecule has 0 aromatic heterocycles. The van der Waals surface area contributed by atoms with Crippen molar-refractivity contribution in [2.24, 2.45) is 0 Å². The molecule has 1 aromatic rings. The van der Waals surface area contributed by atoms with Gasteiger partial charge in [-0.25, -0.2) is 0 Å². The molecular weight excluding hydrogens is 239 g/mol. The summed E-state index contributed by atoms with van der Waals surface area (Å²) in [7, 11) is 0. The van der Waals surface area contributed by atoms with E-state index in [1.807, 2.05) is 24.3 Å². The first-order chi connectivity index (χ1) is 5.49. The average Bonchev–Trinajstić information content (AvgIpc) is 1.91. The van der Waals surface area contributed by atoms with E-state index < -0.39 is 6.56 Å². The van der Waals surface area contributed by atoms with E-state index in [1.54, 1.807) is 0 Å². The normalized spacial score (nSPS) is 14.2. The second kappa shape index (κ2) is 3.93. The molecule has 0 atom stereocenters. The highest BCUT2D eigenvalue weighted by Gasteiger charge is 1.94. The highest BCUT2D eigenvalue weighted by atomic mass is 127. The number of hydrogen-bond acceptors (Lipinski definition) is 1. The number of hydrogen-bond donors (Lipinski definition) is 1. The lowest BCUT2D eigenvalue weighted by atomic mass is 10.2. The first-order valence-corrected chi connectivity index (χ1v) is 4.03. The van der Waals surface area contributed by atoms with Gasteiger partial charge in [0.15, 0.2) is 0 Å². The molecule has 0 aliphatic rings. The molecule has 0 radical (unpaired) electrons. The molecular formula is C8H9IO. The first-order valence-electron chi connectivity index (χ1n) is 3.95. The molecule has 0 spiro atoms. The van der Waals surface area contributed by atoms with Crippen molar-refractivity contribution >= 4 is 22.6 Å². The summed E-state index contributed by atoms with van der Waals surface area (Å²) in [5.74, 6) is 0. The number of benzene rings is 1. The van der Waals surface area contributed by atoms with E-state index in [0.29, 0.717) is 0 Å². The Hall–Kier alpha value is -0.0900. The summed E-state index contributed by atoms with van der Waals surface area (Å²) < 4.78 is 14.9. The molecule has 0 unspecified atom stereocenters. The third-order valence-corrected chi connectivity index (χ3v) is 2.28. The standard InChI is InChI=1S/C8H9IO/c9-8-4-2-1-3-7(8)5-6-10/h1-4,10H,5-6H2/i6D2. The largest absolute Gasteiger partial charge is 0.396 e. The van der Waals surface area contributed by atoms with Crippen LogP contribution >= 0.6 is 22.6 Å². The molecule has 0 amide bonds. The fourth-order valence-electron chi connectivity index (χ4n) is 0.727. The number of aryl methyl sites for hydroxylation is 1. The van der Waals surface area contributed by atoms with Crippen molar-refractivity contribution in [3.63, 3.8) is 0 Å². The SMILES string of the molecule is [2H]C([2H])(O)Cc1ccccc1I. The van der Waals surface area contributed by atoms with Crippen LogP contribution in [0.15, 0.2) is 24.3 Å². The molecule has 54 valence electrons. The van der Waals surface area contributed by atoms with Crippen LogP contribution in [0.2, 0.25) is 0 Å². The van der Waals surface area contributed by atoms with Crippen molar-refractivity contribution in [3.8, 4) is 0 Å². The minimum atomic E-state index is -2.11. The van der Waals surface area contributed by atoms with E-state index in [2.05, 4.69) is 22.6 Å². The predicted octanol–water partition coefficient (Wildman–Crippen LogP) is 1.83. The Morgan fingerprint density at radius 2 is 2.20 bits per heavy atom. The second-order valence-electron chi connectivity index (χ2n) is 1.93. The van der Waals surface area contributed by atoms with Gasteiger partial charge in [-0.2, -0.15) is 0 Å². The summed E-state index contributed by atoms with van der Waals surface area (Å²) >= 11 is 2.12. The smallest absolute Gasteiger partial charge is 0.0567 e. The Bertz CT molecular complexity index is 270. The van der Waals surface area contributed by atoms with Gasteiger partial charge < -0.3 is 5.11 Å². The Kier molecular flexibility index (Phi) is 2.18. The Morgan fingerprint density at radius 1 is 1.50 bits per heavy atom. The molecule has 0 fully saturated rings. The van der Waals surface area contributed by atoms with Gasteiger partial charge in [0.25, 0.3) is 0 Å². The van der Waals surface area contributed by atoms with E-state index in [4.69, 9.17) is 7.85 Å². The molecule has 0 heterocycles. The number of aliphatic hydroxyl groups is 1. The Balaban J connectivity index is 2.83. The molecule has 2 heteroatoms. The van der Waals surface area contributed by atoms with Gasteiger partial charge in [0.1, 0.15) is 0 Å². The molecule has 0 bridgehead atoms. The van der Waals surface area contributed by atoms with Gasteiger partial charge >= 0.3 is 0 Å². The van der Waals surface area contributed by atoms with Gasteiger partial charge in [-0.1, -0.05) is 18.2 Å². The maximum atomic E-state index is 8.93. The van der Waals surface area contributed by atoms with Crippen molar-refractivity contribution in [1.82, 2.24) is 0 Å². The van der Waals surface area contributed by atoms with Gasteiger partial charge in [0.2, 0.25) is 0 Å². The quantitative estimate of drug-likeness (QED) is 0.794. The van der Waals surface area contributed by atoms with Crippen molar-refractivity contribution in [2.75, 3.05) is 6.56 Å². The van der Waals surface area contributed by atoms with Crippen molar-refractivity contribution in [3.05, 3.63) is 33.4 Å². The maximum absolute atomic E-state index is 8.93. The zero-order valence-electron chi connectivity index (χ0n) is 7.34. The lowest BCUT2D eigenvalue weighted by Crippen LogP contribution is -1.92. The van der Waals surface area contributed by atoms with Gasteiger partial charge in [0, 0.05) is 10.1 Å². The van der Waals surface area contributed by atoms with Crippen LogP contribution in [-0.4, -0.2) is 11.7 Å². The molecule has 0 saturated heterocycles. The van der Waals surface area contributed by atoms with Crippen molar-refractivity contribution < 1.29 is 7.85 Å². The van der Waals surface area contributed by atoms with Crippen LogP contribution in [0.1, 0.15) is 8.30 Å². The summed E-state index contributed by atoms with van der Waals surface area (Å²) in [6.07, 6.45) is 0.0477. The molecule has 0 aliphatic heterocycles. The van der Waals surface area contributed by atoms with E-state index in [9.17, 15) is 0 Å². The third-order valence-electron chi connectivity index (χ3n) is 1.23. The monoisotopic (exact) mass is 250 g/mol. The fourth-order valence-corrected chi connectivity index (χ4v) is 1.31. The Labute approximate surface area is 77.0 Å². The Morgan fingerprint density at radius 3 is 2.80 bits per heavy atom. The minimum Gasteiger partial charge on any atom is -0.396 e. The van der Waals surface area contributed by atoms with E-state index in [0.717, 1.165) is 9.13 Å². The minimum absolute atomic E-state index is 0.0477. The first kappa shape index (κ1) is 5.55. The van der Waals surface area contributed by atoms with Crippen LogP contribution in [0.5, 0.6) is 0 Å². The zero-order valence-corrected chi connectivity index (χ0v) is 7.50. The van der Waals surface area contributed by atoms with E-state index in [1.165, 1.54) is 0 Å². The van der Waals surface area contributed by atoms with Crippen LogP contribution in [0.3, 0.4) is 0 Å². The highest BCUT2D eigenvalue weighted by molar-refractivity contribution is 14.1. The van der Waals surface area contributed by atoms with Crippen molar-refractivity contribution in [2.45, 2.75) is 6.42 Å². The molecule has 1 aromatic carbocycles. The highest BCUT2D eigenvalue weighted by Crippen LogP contribution is 2.10. The van der Waals surface area contributed by atoms with Crippen LogP contribution in [0.4, 0.5) is 0 Å². The third kappa shape index (κ3) is 1.95. The average molecular weight is 250 g/mol. The molecule has 10 heavy (non-hydrogen) atoms. The van der Waals surface area contributed by atoms with E-state index >= 15 is 0 Å². The molecule has 1 rings (SSSR count). The van der Waals surface area contributed by atoms with Crippen LogP contribution < -0.4 is 0 Å². The predicted molar refractivity (Wildman–Crippen MR) is 49.9 cm³/mol. The van der Waals surface area contributed by atoms with Crippen LogP contribution in [0, 0.1) is 3.57 Å². The molecule has 0 saturated carbocycles. The van der Waals surface area contributed by atoms with Gasteiger partial charge in [0.05, 0.1) is 2.74 Å². The fraction of sp³-hybridized carbons (Fsp3) is 0.250. The topological polar surface area (TPSA) is 20.2 Å². The maximum Gasteiger partial charge on any atom is 0.0567 e. The van der Waals surface area contributed by atoms with Crippen LogP contribution in [-0.2, 0) is 6.42 Å². The number of halogens is 1. The summed E-state index contributed by atoms with van der Waals surface area (Å²) in [6.45, 7) is -2.11. The lowest BCUT2D eigenvalue weighted by molar-refractivity contribution is 0.299. The van der Waals surface area contributed by atoms with Gasteiger partial charge in [-0.3, -0.25) is 0 Å². The lowest BCUT2D eigenvalue weighted by Gasteiger charge is -1.99. The summed E-state index contributed by atoms with van der Waals surface area (Å²) in [5, 5.41) is 8.93. The van der Waals surface area contributed by atoms with E-state index in [-0.39, 0.29) is 6.42 Å². The van der Waals surface area contributed by atoms with Gasteiger partial charge in [-0.15, -0.1) is 0 Å². The number of rotatable bonds is 2. The second-order valence-corrected chi connectivity index (χ2v) is 3.09. The summed E-state index contributed by atoms with van der Waals surface area (Å²) in [4.78, 5) is 0. The van der Waals surface area contributed by atoms with Crippen LogP contribution in [0.25, 0.3) is 0 Å². The molecule has 0 aliphatic carbocycles. The summed E-state index contributed by atoms with van der Waals surface area (Å²) in [6, 6.07) is 7.43. The van der Waals surface area contributed by atoms with Gasteiger partial charge in [-0.05, 0) is 40.6 Å². The molecule has 1 N–H and O–H groups in total.